The molecule has 0 aliphatic carbocycles. The summed E-state index contributed by atoms with van der Waals surface area (Å²) in [5.41, 5.74) is 5.48. The van der Waals surface area contributed by atoms with E-state index in [2.05, 4.69) is 27.5 Å². The summed E-state index contributed by atoms with van der Waals surface area (Å²) >= 11 is 4.72. The van der Waals surface area contributed by atoms with E-state index in [1.54, 1.807) is 0 Å². The maximum Gasteiger partial charge on any atom is 0.154 e. The van der Waals surface area contributed by atoms with Crippen molar-refractivity contribution in [1.29, 1.82) is 0 Å². The molecule has 2 nitrogen and oxygen atoms in total. The van der Waals surface area contributed by atoms with E-state index in [1.807, 2.05) is 6.92 Å². The third-order valence-corrected chi connectivity index (χ3v) is 2.26. The summed E-state index contributed by atoms with van der Waals surface area (Å²) in [5, 5.41) is 0.628. The molecule has 0 amide bonds. The Morgan fingerprint density at radius 3 is 2.80 bits per heavy atom. The zero-order valence-corrected chi connectivity index (χ0v) is 8.33. The molecule has 0 radical (unpaired) electrons. The zero-order valence-electron chi connectivity index (χ0n) is 5.93. The molecular formula is C6H11BrN2S. The predicted molar refractivity (Wildman–Crippen MR) is 52.7 cm³/mol. The van der Waals surface area contributed by atoms with Gasteiger partial charge in [0, 0.05) is 12.3 Å². The minimum atomic E-state index is 0.628. The van der Waals surface area contributed by atoms with Gasteiger partial charge in [-0.05, 0) is 11.4 Å². The average molecular weight is 223 g/mol. The third kappa shape index (κ3) is 6.16. The fraction of sp³-hybridized carbons (Fsp3) is 0.500. The van der Waals surface area contributed by atoms with Gasteiger partial charge in [0.15, 0.2) is 5.17 Å². The van der Waals surface area contributed by atoms with E-state index in [-0.39, 0.29) is 0 Å². The first-order valence-corrected chi connectivity index (χ1v) is 4.70. The van der Waals surface area contributed by atoms with Gasteiger partial charge in [0.25, 0.3) is 0 Å². The molecule has 0 fully saturated rings. The standard InChI is InChI=1S/C6H11BrN2S/c1-3-9-6(8)10-4-5(2)7/h2-4H2,1H3,(H2,8,9). The number of halogens is 1. The molecule has 0 atom stereocenters. The van der Waals surface area contributed by atoms with Crippen molar-refractivity contribution in [3.05, 3.63) is 11.1 Å². The summed E-state index contributed by atoms with van der Waals surface area (Å²) in [7, 11) is 0. The highest BCUT2D eigenvalue weighted by Gasteiger charge is 1.92. The lowest BCUT2D eigenvalue weighted by Crippen LogP contribution is -2.07. The Morgan fingerprint density at radius 1 is 1.80 bits per heavy atom. The van der Waals surface area contributed by atoms with Crippen LogP contribution >= 0.6 is 27.7 Å². The Morgan fingerprint density at radius 2 is 2.40 bits per heavy atom. The smallest absolute Gasteiger partial charge is 0.154 e. The van der Waals surface area contributed by atoms with Gasteiger partial charge in [0.2, 0.25) is 0 Å². The normalized spacial score (nSPS) is 11.6. The van der Waals surface area contributed by atoms with Crippen molar-refractivity contribution in [2.24, 2.45) is 10.7 Å². The SMILES string of the molecule is C=C(Br)CSC(N)=NCC. The molecule has 0 aliphatic heterocycles. The van der Waals surface area contributed by atoms with Gasteiger partial charge in [0.1, 0.15) is 0 Å². The van der Waals surface area contributed by atoms with Gasteiger partial charge in [-0.2, -0.15) is 0 Å². The summed E-state index contributed by atoms with van der Waals surface area (Å²) < 4.78 is 0.937. The molecule has 0 aromatic carbocycles. The molecule has 0 heterocycles. The van der Waals surface area contributed by atoms with E-state index in [9.17, 15) is 0 Å². The monoisotopic (exact) mass is 222 g/mol. The van der Waals surface area contributed by atoms with Crippen molar-refractivity contribution < 1.29 is 0 Å². The van der Waals surface area contributed by atoms with Crippen LogP contribution in [0.2, 0.25) is 0 Å². The topological polar surface area (TPSA) is 38.4 Å². The first-order chi connectivity index (χ1) is 4.66. The molecule has 0 bridgehead atoms. The van der Waals surface area contributed by atoms with Crippen molar-refractivity contribution in [3.63, 3.8) is 0 Å². The van der Waals surface area contributed by atoms with E-state index in [1.165, 1.54) is 11.8 Å². The van der Waals surface area contributed by atoms with Crippen LogP contribution in [0.5, 0.6) is 0 Å². The molecule has 4 heteroatoms. The molecule has 0 aromatic rings. The molecule has 0 saturated heterocycles. The lowest BCUT2D eigenvalue weighted by molar-refractivity contribution is 1.13. The summed E-state index contributed by atoms with van der Waals surface area (Å²) in [4.78, 5) is 3.99. The lowest BCUT2D eigenvalue weighted by atomic mass is 10.8. The number of rotatable bonds is 3. The highest BCUT2D eigenvalue weighted by Crippen LogP contribution is 2.10. The third-order valence-electron chi connectivity index (χ3n) is 0.691. The van der Waals surface area contributed by atoms with Crippen molar-refractivity contribution >= 4 is 32.9 Å². The quantitative estimate of drug-likeness (QED) is 0.586. The van der Waals surface area contributed by atoms with Crippen LogP contribution in [0.15, 0.2) is 16.1 Å². The molecule has 0 unspecified atom stereocenters. The van der Waals surface area contributed by atoms with E-state index in [0.717, 1.165) is 16.8 Å². The molecule has 10 heavy (non-hydrogen) atoms. The van der Waals surface area contributed by atoms with Crippen LogP contribution in [0.3, 0.4) is 0 Å². The fourth-order valence-corrected chi connectivity index (χ4v) is 1.22. The number of nitrogens with zero attached hydrogens (tertiary/aromatic N) is 1. The number of amidine groups is 1. The summed E-state index contributed by atoms with van der Waals surface area (Å²) in [6.45, 7) is 6.37. The second-order valence-electron chi connectivity index (χ2n) is 1.62. The minimum Gasteiger partial charge on any atom is -0.379 e. The molecule has 0 spiro atoms. The predicted octanol–water partition coefficient (Wildman–Crippen LogP) is 1.96. The van der Waals surface area contributed by atoms with Crippen LogP contribution in [0.25, 0.3) is 0 Å². The number of hydrogen-bond donors (Lipinski definition) is 1. The van der Waals surface area contributed by atoms with Crippen LogP contribution in [0, 0.1) is 0 Å². The van der Waals surface area contributed by atoms with Gasteiger partial charge < -0.3 is 5.73 Å². The second-order valence-corrected chi connectivity index (χ2v) is 3.74. The second kappa shape index (κ2) is 5.80. The van der Waals surface area contributed by atoms with E-state index < -0.39 is 0 Å². The lowest BCUT2D eigenvalue weighted by Gasteiger charge is -1.96. The van der Waals surface area contributed by atoms with Crippen LogP contribution < -0.4 is 5.73 Å². The number of aliphatic imine (C=N–C) groups is 1. The maximum atomic E-state index is 5.48. The van der Waals surface area contributed by atoms with Crippen molar-refractivity contribution in [3.8, 4) is 0 Å². The van der Waals surface area contributed by atoms with Crippen LogP contribution in [-0.2, 0) is 0 Å². The van der Waals surface area contributed by atoms with E-state index in [4.69, 9.17) is 5.73 Å². The van der Waals surface area contributed by atoms with Gasteiger partial charge in [0.05, 0.1) is 0 Å². The van der Waals surface area contributed by atoms with Crippen molar-refractivity contribution in [1.82, 2.24) is 0 Å². The summed E-state index contributed by atoms with van der Waals surface area (Å²) in [5.74, 6) is 0.787. The number of thioether (sulfide) groups is 1. The van der Waals surface area contributed by atoms with Crippen LogP contribution in [0.4, 0.5) is 0 Å². The highest BCUT2D eigenvalue weighted by molar-refractivity contribution is 9.11. The van der Waals surface area contributed by atoms with Gasteiger partial charge >= 0.3 is 0 Å². The van der Waals surface area contributed by atoms with E-state index in [0.29, 0.717) is 5.17 Å². The van der Waals surface area contributed by atoms with Gasteiger partial charge in [-0.25, -0.2) is 0 Å². The molecule has 2 N–H and O–H groups in total. The molecular weight excluding hydrogens is 212 g/mol. The van der Waals surface area contributed by atoms with Crippen molar-refractivity contribution in [2.45, 2.75) is 6.92 Å². The summed E-state index contributed by atoms with van der Waals surface area (Å²) in [6, 6.07) is 0. The average Bonchev–Trinajstić information content (AvgIpc) is 1.85. The first-order valence-electron chi connectivity index (χ1n) is 2.92. The Labute approximate surface area is 74.1 Å². The van der Waals surface area contributed by atoms with Gasteiger partial charge in [-0.3, -0.25) is 4.99 Å². The summed E-state index contributed by atoms with van der Waals surface area (Å²) in [6.07, 6.45) is 0. The van der Waals surface area contributed by atoms with Crippen LogP contribution in [-0.4, -0.2) is 17.5 Å². The van der Waals surface area contributed by atoms with Gasteiger partial charge in [-0.1, -0.05) is 34.3 Å². The van der Waals surface area contributed by atoms with E-state index >= 15 is 0 Å². The Balaban J connectivity index is 3.48. The molecule has 0 aromatic heterocycles. The Kier molecular flexibility index (Phi) is 5.82. The Hall–Kier alpha value is 0.0400. The van der Waals surface area contributed by atoms with Gasteiger partial charge in [-0.15, -0.1) is 0 Å². The maximum absolute atomic E-state index is 5.48. The number of nitrogens with two attached hydrogens (primary N) is 1. The van der Waals surface area contributed by atoms with Crippen molar-refractivity contribution in [2.75, 3.05) is 12.3 Å². The molecule has 0 saturated carbocycles. The fourth-order valence-electron chi connectivity index (χ4n) is 0.354. The molecule has 0 rings (SSSR count). The Bertz CT molecular complexity index is 145. The minimum absolute atomic E-state index is 0.628. The highest BCUT2D eigenvalue weighted by atomic mass is 79.9. The largest absolute Gasteiger partial charge is 0.379 e. The number of hydrogen-bond acceptors (Lipinski definition) is 2. The molecule has 0 aliphatic rings. The first kappa shape index (κ1) is 10.0. The zero-order chi connectivity index (χ0) is 7.98. The molecule has 58 valence electrons. The van der Waals surface area contributed by atoms with Crippen LogP contribution in [0.1, 0.15) is 6.92 Å².